The van der Waals surface area contributed by atoms with Crippen molar-refractivity contribution in [1.29, 1.82) is 0 Å². The van der Waals surface area contributed by atoms with Crippen LogP contribution in [0.4, 0.5) is 0 Å². The Morgan fingerprint density at radius 2 is 2.43 bits per heavy atom. The molecule has 74 valence electrons. The zero-order valence-corrected chi connectivity index (χ0v) is 7.95. The number of pyridine rings is 1. The van der Waals surface area contributed by atoms with E-state index in [0.29, 0.717) is 18.8 Å². The molecule has 0 aromatic carbocycles. The number of fused-ring (bicyclic) bond motifs is 1. The van der Waals surface area contributed by atoms with Gasteiger partial charge in [0.1, 0.15) is 0 Å². The van der Waals surface area contributed by atoms with Gasteiger partial charge < -0.3 is 9.47 Å². The standard InChI is InChI=1S/C10H11NO3/c1-13-10(12)8-5-11-4-7-2-3-14-6-9(7)8/h4-5H,2-3,6H2,1H3. The first kappa shape index (κ1) is 9.15. The number of hydrogen-bond acceptors (Lipinski definition) is 4. The highest BCUT2D eigenvalue weighted by Crippen LogP contribution is 2.19. The van der Waals surface area contributed by atoms with Crippen LogP contribution in [0.15, 0.2) is 12.4 Å². The fourth-order valence-corrected chi connectivity index (χ4v) is 1.56. The molecule has 0 bridgehead atoms. The molecule has 4 heteroatoms. The number of carbonyl (C=O) groups excluding carboxylic acids is 1. The second-order valence-electron chi connectivity index (χ2n) is 3.12. The number of rotatable bonds is 1. The summed E-state index contributed by atoms with van der Waals surface area (Å²) in [6, 6.07) is 0. The molecule has 1 aliphatic heterocycles. The van der Waals surface area contributed by atoms with E-state index in [1.165, 1.54) is 13.3 Å². The van der Waals surface area contributed by atoms with Crippen LogP contribution in [-0.2, 0) is 22.5 Å². The Morgan fingerprint density at radius 1 is 1.57 bits per heavy atom. The molecule has 0 aliphatic carbocycles. The molecule has 1 aromatic rings. The lowest BCUT2D eigenvalue weighted by atomic mass is 10.0. The molecule has 0 atom stereocenters. The molecular weight excluding hydrogens is 182 g/mol. The number of hydrogen-bond donors (Lipinski definition) is 0. The summed E-state index contributed by atoms with van der Waals surface area (Å²) >= 11 is 0. The Hall–Kier alpha value is -1.42. The molecule has 4 nitrogen and oxygen atoms in total. The largest absolute Gasteiger partial charge is 0.465 e. The van der Waals surface area contributed by atoms with E-state index in [0.717, 1.165) is 17.5 Å². The lowest BCUT2D eigenvalue weighted by molar-refractivity contribution is 0.0587. The molecule has 2 rings (SSSR count). The van der Waals surface area contributed by atoms with Gasteiger partial charge in [0.2, 0.25) is 0 Å². The number of carbonyl (C=O) groups is 1. The number of esters is 1. The van der Waals surface area contributed by atoms with Crippen LogP contribution in [0.1, 0.15) is 21.5 Å². The predicted octanol–water partition coefficient (Wildman–Crippen LogP) is 0.941. The van der Waals surface area contributed by atoms with Gasteiger partial charge in [-0.3, -0.25) is 4.98 Å². The summed E-state index contributed by atoms with van der Waals surface area (Å²) in [6.07, 6.45) is 4.12. The van der Waals surface area contributed by atoms with E-state index in [2.05, 4.69) is 9.72 Å². The average molecular weight is 193 g/mol. The molecule has 0 amide bonds. The van der Waals surface area contributed by atoms with Gasteiger partial charge in [-0.15, -0.1) is 0 Å². The number of methoxy groups -OCH3 is 1. The summed E-state index contributed by atoms with van der Waals surface area (Å²) in [4.78, 5) is 15.4. The van der Waals surface area contributed by atoms with E-state index in [1.807, 2.05) is 0 Å². The molecule has 1 aromatic heterocycles. The van der Waals surface area contributed by atoms with Crippen molar-refractivity contribution in [2.75, 3.05) is 13.7 Å². The van der Waals surface area contributed by atoms with Crippen molar-refractivity contribution in [3.8, 4) is 0 Å². The number of ether oxygens (including phenoxy) is 2. The minimum Gasteiger partial charge on any atom is -0.465 e. The quantitative estimate of drug-likeness (QED) is 0.623. The molecule has 0 radical (unpaired) electrons. The van der Waals surface area contributed by atoms with Crippen LogP contribution in [0, 0.1) is 0 Å². The third-order valence-corrected chi connectivity index (χ3v) is 2.31. The first-order valence-electron chi connectivity index (χ1n) is 4.44. The minimum atomic E-state index is -0.347. The fraction of sp³-hybridized carbons (Fsp3) is 0.400. The summed E-state index contributed by atoms with van der Waals surface area (Å²) in [5, 5.41) is 0. The van der Waals surface area contributed by atoms with Crippen molar-refractivity contribution in [3.63, 3.8) is 0 Å². The maximum absolute atomic E-state index is 11.4. The van der Waals surface area contributed by atoms with Crippen LogP contribution < -0.4 is 0 Å². The summed E-state index contributed by atoms with van der Waals surface area (Å²) < 4.78 is 9.96. The topological polar surface area (TPSA) is 48.4 Å². The van der Waals surface area contributed by atoms with E-state index >= 15 is 0 Å². The van der Waals surface area contributed by atoms with Crippen molar-refractivity contribution < 1.29 is 14.3 Å². The highest BCUT2D eigenvalue weighted by molar-refractivity contribution is 5.91. The lowest BCUT2D eigenvalue weighted by Crippen LogP contribution is -2.16. The zero-order valence-electron chi connectivity index (χ0n) is 7.95. The van der Waals surface area contributed by atoms with Crippen LogP contribution in [0.25, 0.3) is 0 Å². The molecule has 1 aliphatic rings. The van der Waals surface area contributed by atoms with Crippen LogP contribution in [0.2, 0.25) is 0 Å². The molecular formula is C10H11NO3. The van der Waals surface area contributed by atoms with Crippen LogP contribution in [0.5, 0.6) is 0 Å². The molecule has 0 spiro atoms. The molecule has 0 saturated heterocycles. The van der Waals surface area contributed by atoms with Crippen molar-refractivity contribution in [1.82, 2.24) is 4.98 Å². The second kappa shape index (κ2) is 3.75. The zero-order chi connectivity index (χ0) is 9.97. The van der Waals surface area contributed by atoms with Gasteiger partial charge >= 0.3 is 5.97 Å². The average Bonchev–Trinajstić information content (AvgIpc) is 2.27. The summed E-state index contributed by atoms with van der Waals surface area (Å²) in [6.45, 7) is 1.17. The Morgan fingerprint density at radius 3 is 3.21 bits per heavy atom. The Balaban J connectivity index is 2.45. The first-order valence-corrected chi connectivity index (χ1v) is 4.44. The van der Waals surface area contributed by atoms with Crippen LogP contribution in [0.3, 0.4) is 0 Å². The van der Waals surface area contributed by atoms with Crippen molar-refractivity contribution in [2.45, 2.75) is 13.0 Å². The van der Waals surface area contributed by atoms with E-state index in [-0.39, 0.29) is 5.97 Å². The predicted molar refractivity (Wildman–Crippen MR) is 48.9 cm³/mol. The summed E-state index contributed by atoms with van der Waals surface area (Å²) in [5.41, 5.74) is 2.52. The maximum Gasteiger partial charge on any atom is 0.339 e. The van der Waals surface area contributed by atoms with Gasteiger partial charge in [0.15, 0.2) is 0 Å². The Kier molecular flexibility index (Phi) is 2.45. The summed E-state index contributed by atoms with van der Waals surface area (Å²) in [7, 11) is 1.37. The lowest BCUT2D eigenvalue weighted by Gasteiger charge is -2.17. The van der Waals surface area contributed by atoms with Gasteiger partial charge in [-0.2, -0.15) is 0 Å². The normalized spacial score (nSPS) is 14.6. The highest BCUT2D eigenvalue weighted by Gasteiger charge is 2.18. The van der Waals surface area contributed by atoms with Crippen molar-refractivity contribution in [2.24, 2.45) is 0 Å². The van der Waals surface area contributed by atoms with Gasteiger partial charge in [-0.25, -0.2) is 4.79 Å². The SMILES string of the molecule is COC(=O)c1cncc2c1COCC2. The molecule has 2 heterocycles. The second-order valence-corrected chi connectivity index (χ2v) is 3.12. The Labute approximate surface area is 81.9 Å². The van der Waals surface area contributed by atoms with Crippen molar-refractivity contribution >= 4 is 5.97 Å². The van der Waals surface area contributed by atoms with Gasteiger partial charge in [-0.05, 0) is 17.5 Å². The van der Waals surface area contributed by atoms with Gasteiger partial charge in [0.25, 0.3) is 0 Å². The van der Waals surface area contributed by atoms with Crippen LogP contribution >= 0.6 is 0 Å². The smallest absolute Gasteiger partial charge is 0.339 e. The van der Waals surface area contributed by atoms with Gasteiger partial charge in [-0.1, -0.05) is 0 Å². The van der Waals surface area contributed by atoms with E-state index in [1.54, 1.807) is 6.20 Å². The summed E-state index contributed by atoms with van der Waals surface area (Å²) in [5.74, 6) is -0.347. The number of nitrogens with zero attached hydrogens (tertiary/aromatic N) is 1. The molecule has 0 fully saturated rings. The third-order valence-electron chi connectivity index (χ3n) is 2.31. The maximum atomic E-state index is 11.4. The monoisotopic (exact) mass is 193 g/mol. The molecule has 0 unspecified atom stereocenters. The van der Waals surface area contributed by atoms with E-state index < -0.39 is 0 Å². The first-order chi connectivity index (χ1) is 6.83. The Bertz CT molecular complexity index is 362. The third kappa shape index (κ3) is 1.48. The highest BCUT2D eigenvalue weighted by atomic mass is 16.5. The van der Waals surface area contributed by atoms with Crippen molar-refractivity contribution in [3.05, 3.63) is 29.1 Å². The van der Waals surface area contributed by atoms with Crippen LogP contribution in [-0.4, -0.2) is 24.7 Å². The molecule has 0 saturated carbocycles. The minimum absolute atomic E-state index is 0.347. The van der Waals surface area contributed by atoms with E-state index in [9.17, 15) is 4.79 Å². The fourth-order valence-electron chi connectivity index (χ4n) is 1.56. The van der Waals surface area contributed by atoms with Gasteiger partial charge in [0, 0.05) is 12.4 Å². The van der Waals surface area contributed by atoms with Gasteiger partial charge in [0.05, 0.1) is 25.9 Å². The number of aromatic nitrogens is 1. The molecule has 14 heavy (non-hydrogen) atoms. The van der Waals surface area contributed by atoms with E-state index in [4.69, 9.17) is 4.74 Å². The molecule has 0 N–H and O–H groups in total.